The number of nitrogens with zero attached hydrogens (tertiary/aromatic N) is 1. The Morgan fingerprint density at radius 3 is 2.94 bits per heavy atom. The summed E-state index contributed by atoms with van der Waals surface area (Å²) in [5.74, 6) is 0.598. The molecule has 1 heterocycles. The zero-order valence-electron chi connectivity index (χ0n) is 10.7. The average Bonchev–Trinajstić information content (AvgIpc) is 2.69. The Balaban J connectivity index is 2.19. The fraction of sp³-hybridized carbons (Fsp3) is 0.467. The molecule has 1 aromatic rings. The highest BCUT2D eigenvalue weighted by molar-refractivity contribution is 5.60. The van der Waals surface area contributed by atoms with Crippen LogP contribution in [0, 0.1) is 0 Å². The number of fused-ring (bicyclic) bond motifs is 1. The molecular formula is C15H22N2. The van der Waals surface area contributed by atoms with E-state index in [-0.39, 0.29) is 0 Å². The van der Waals surface area contributed by atoms with Gasteiger partial charge in [-0.05, 0) is 31.0 Å². The number of para-hydroxylation sites is 1. The standard InChI is InChI=1S/C15H22N2/c1-3-12(2)10-17-11-13(8-9-16)14-6-4-5-7-15(14)17/h4-7,13H,2-3,8-11,16H2,1H3. The van der Waals surface area contributed by atoms with Gasteiger partial charge in [-0.25, -0.2) is 0 Å². The van der Waals surface area contributed by atoms with Gasteiger partial charge in [-0.1, -0.05) is 37.3 Å². The molecule has 1 unspecified atom stereocenters. The average molecular weight is 230 g/mol. The van der Waals surface area contributed by atoms with Gasteiger partial charge in [0.05, 0.1) is 0 Å². The number of benzene rings is 1. The molecule has 0 aromatic heterocycles. The van der Waals surface area contributed by atoms with Crippen molar-refractivity contribution in [3.05, 3.63) is 42.0 Å². The predicted molar refractivity (Wildman–Crippen MR) is 74.5 cm³/mol. The van der Waals surface area contributed by atoms with Crippen molar-refractivity contribution in [1.29, 1.82) is 0 Å². The Labute approximate surface area is 104 Å². The van der Waals surface area contributed by atoms with Crippen LogP contribution in [0.2, 0.25) is 0 Å². The summed E-state index contributed by atoms with van der Waals surface area (Å²) in [7, 11) is 0. The van der Waals surface area contributed by atoms with Gasteiger partial charge in [-0.15, -0.1) is 0 Å². The van der Waals surface area contributed by atoms with E-state index in [0.717, 1.165) is 32.5 Å². The fourth-order valence-electron chi connectivity index (χ4n) is 2.56. The molecule has 0 saturated heterocycles. The lowest BCUT2D eigenvalue weighted by Crippen LogP contribution is -2.24. The van der Waals surface area contributed by atoms with E-state index >= 15 is 0 Å². The lowest BCUT2D eigenvalue weighted by atomic mass is 9.98. The third-order valence-electron chi connectivity index (χ3n) is 3.59. The number of hydrogen-bond acceptors (Lipinski definition) is 2. The maximum Gasteiger partial charge on any atom is 0.0405 e. The Bertz CT molecular complexity index is 398. The molecule has 0 amide bonds. The van der Waals surface area contributed by atoms with Gasteiger partial charge < -0.3 is 10.6 Å². The van der Waals surface area contributed by atoms with E-state index in [1.54, 1.807) is 0 Å². The molecule has 0 fully saturated rings. The van der Waals surface area contributed by atoms with Crippen LogP contribution in [0.15, 0.2) is 36.4 Å². The zero-order valence-corrected chi connectivity index (χ0v) is 10.7. The van der Waals surface area contributed by atoms with E-state index in [1.807, 2.05) is 0 Å². The maximum atomic E-state index is 5.70. The summed E-state index contributed by atoms with van der Waals surface area (Å²) in [5, 5.41) is 0. The van der Waals surface area contributed by atoms with Gasteiger partial charge in [0.25, 0.3) is 0 Å². The van der Waals surface area contributed by atoms with Gasteiger partial charge in [0.2, 0.25) is 0 Å². The van der Waals surface area contributed by atoms with Crippen LogP contribution >= 0.6 is 0 Å². The van der Waals surface area contributed by atoms with Crippen LogP contribution in [0.25, 0.3) is 0 Å². The van der Waals surface area contributed by atoms with Crippen molar-refractivity contribution < 1.29 is 0 Å². The number of hydrogen-bond donors (Lipinski definition) is 1. The van der Waals surface area contributed by atoms with E-state index < -0.39 is 0 Å². The monoisotopic (exact) mass is 230 g/mol. The molecule has 1 aliphatic rings. The van der Waals surface area contributed by atoms with Crippen molar-refractivity contribution in [3.63, 3.8) is 0 Å². The van der Waals surface area contributed by atoms with Crippen LogP contribution in [0.3, 0.4) is 0 Å². The Morgan fingerprint density at radius 2 is 2.24 bits per heavy atom. The van der Waals surface area contributed by atoms with Gasteiger partial charge in [0, 0.05) is 24.7 Å². The topological polar surface area (TPSA) is 29.3 Å². The first-order chi connectivity index (χ1) is 8.26. The van der Waals surface area contributed by atoms with Crippen LogP contribution in [0.4, 0.5) is 5.69 Å². The molecule has 0 aliphatic carbocycles. The number of anilines is 1. The van der Waals surface area contributed by atoms with Crippen molar-refractivity contribution in [2.75, 3.05) is 24.5 Å². The maximum absolute atomic E-state index is 5.70. The summed E-state index contributed by atoms with van der Waals surface area (Å²) < 4.78 is 0. The zero-order chi connectivity index (χ0) is 12.3. The van der Waals surface area contributed by atoms with Gasteiger partial charge in [-0.2, -0.15) is 0 Å². The van der Waals surface area contributed by atoms with E-state index in [4.69, 9.17) is 5.73 Å². The SMILES string of the molecule is C=C(CC)CN1CC(CCN)c2ccccc21. The lowest BCUT2D eigenvalue weighted by molar-refractivity contribution is 0.651. The summed E-state index contributed by atoms with van der Waals surface area (Å²) in [4.78, 5) is 2.45. The molecule has 2 heteroatoms. The molecule has 17 heavy (non-hydrogen) atoms. The second kappa shape index (κ2) is 5.37. The largest absolute Gasteiger partial charge is 0.367 e. The van der Waals surface area contributed by atoms with Gasteiger partial charge in [0.15, 0.2) is 0 Å². The van der Waals surface area contributed by atoms with Crippen LogP contribution in [-0.4, -0.2) is 19.6 Å². The first-order valence-corrected chi connectivity index (χ1v) is 6.46. The summed E-state index contributed by atoms with van der Waals surface area (Å²) in [5.41, 5.74) is 9.84. The molecule has 1 aliphatic heterocycles. The summed E-state index contributed by atoms with van der Waals surface area (Å²) in [6.07, 6.45) is 2.13. The molecule has 0 radical (unpaired) electrons. The molecule has 2 nitrogen and oxygen atoms in total. The Morgan fingerprint density at radius 1 is 1.47 bits per heavy atom. The van der Waals surface area contributed by atoms with Crippen molar-refractivity contribution in [3.8, 4) is 0 Å². The van der Waals surface area contributed by atoms with E-state index in [1.165, 1.54) is 16.8 Å². The highest BCUT2D eigenvalue weighted by Crippen LogP contribution is 2.37. The van der Waals surface area contributed by atoms with Crippen molar-refractivity contribution in [2.24, 2.45) is 5.73 Å². The second-order valence-electron chi connectivity index (χ2n) is 4.82. The minimum atomic E-state index is 0.598. The van der Waals surface area contributed by atoms with Crippen LogP contribution in [0.1, 0.15) is 31.2 Å². The summed E-state index contributed by atoms with van der Waals surface area (Å²) >= 11 is 0. The highest BCUT2D eigenvalue weighted by atomic mass is 15.2. The predicted octanol–water partition coefficient (Wildman–Crippen LogP) is 2.91. The van der Waals surface area contributed by atoms with E-state index in [9.17, 15) is 0 Å². The summed E-state index contributed by atoms with van der Waals surface area (Å²) in [6.45, 7) is 9.12. The third-order valence-corrected chi connectivity index (χ3v) is 3.59. The number of rotatable bonds is 5. The molecular weight excluding hydrogens is 208 g/mol. The van der Waals surface area contributed by atoms with Crippen molar-refractivity contribution in [1.82, 2.24) is 0 Å². The third kappa shape index (κ3) is 2.52. The molecule has 92 valence electrons. The van der Waals surface area contributed by atoms with Crippen LogP contribution in [0.5, 0.6) is 0 Å². The van der Waals surface area contributed by atoms with Gasteiger partial charge >= 0.3 is 0 Å². The Kier molecular flexibility index (Phi) is 3.85. The highest BCUT2D eigenvalue weighted by Gasteiger charge is 2.27. The molecule has 2 rings (SSSR count). The molecule has 0 saturated carbocycles. The minimum absolute atomic E-state index is 0.598. The number of nitrogens with two attached hydrogens (primary N) is 1. The van der Waals surface area contributed by atoms with Crippen LogP contribution in [-0.2, 0) is 0 Å². The minimum Gasteiger partial charge on any atom is -0.367 e. The molecule has 0 bridgehead atoms. The van der Waals surface area contributed by atoms with Crippen molar-refractivity contribution >= 4 is 5.69 Å². The molecule has 0 spiro atoms. The summed E-state index contributed by atoms with van der Waals surface area (Å²) in [6, 6.07) is 8.70. The Hall–Kier alpha value is -1.28. The van der Waals surface area contributed by atoms with Gasteiger partial charge in [-0.3, -0.25) is 0 Å². The molecule has 2 N–H and O–H groups in total. The normalized spacial score (nSPS) is 18.2. The second-order valence-corrected chi connectivity index (χ2v) is 4.82. The molecule has 1 aromatic carbocycles. The van der Waals surface area contributed by atoms with E-state index in [2.05, 4.69) is 42.7 Å². The van der Waals surface area contributed by atoms with E-state index in [0.29, 0.717) is 5.92 Å². The first-order valence-electron chi connectivity index (χ1n) is 6.46. The van der Waals surface area contributed by atoms with Crippen molar-refractivity contribution in [2.45, 2.75) is 25.7 Å². The van der Waals surface area contributed by atoms with Gasteiger partial charge in [0.1, 0.15) is 0 Å². The molecule has 1 atom stereocenters. The first kappa shape index (κ1) is 12.2. The fourth-order valence-corrected chi connectivity index (χ4v) is 2.56. The van der Waals surface area contributed by atoms with Crippen LogP contribution < -0.4 is 10.6 Å². The smallest absolute Gasteiger partial charge is 0.0405 e. The lowest BCUT2D eigenvalue weighted by Gasteiger charge is -2.20. The quantitative estimate of drug-likeness (QED) is 0.788.